The van der Waals surface area contributed by atoms with Crippen LogP contribution in [0.4, 0.5) is 0 Å². The molecule has 0 aromatic rings. The number of hydrogen-bond donors (Lipinski definition) is 0. The highest BCUT2D eigenvalue weighted by Gasteiger charge is 2.39. The molecular formula is C11H15Cl3. The second-order valence-electron chi connectivity index (χ2n) is 3.55. The van der Waals surface area contributed by atoms with Crippen molar-refractivity contribution in [2.24, 2.45) is 5.92 Å². The zero-order valence-electron chi connectivity index (χ0n) is 8.49. The minimum Gasteiger partial charge on any atom is -0.0842 e. The second kappa shape index (κ2) is 4.92. The zero-order valence-corrected chi connectivity index (χ0v) is 10.8. The van der Waals surface area contributed by atoms with Gasteiger partial charge in [-0.3, -0.25) is 0 Å². The fourth-order valence-electron chi connectivity index (χ4n) is 1.74. The Balaban J connectivity index is 2.72. The molecular weight excluding hydrogens is 238 g/mol. The summed E-state index contributed by atoms with van der Waals surface area (Å²) >= 11 is 17.7. The largest absolute Gasteiger partial charge is 0.197 e. The van der Waals surface area contributed by atoms with Crippen LogP contribution < -0.4 is 0 Å². The van der Waals surface area contributed by atoms with Crippen molar-refractivity contribution in [1.82, 2.24) is 0 Å². The summed E-state index contributed by atoms with van der Waals surface area (Å²) in [5.74, 6) is 0.0882. The van der Waals surface area contributed by atoms with E-state index in [0.717, 1.165) is 19.3 Å². The molecule has 1 rings (SSSR count). The molecule has 0 aromatic carbocycles. The third kappa shape index (κ3) is 2.68. The van der Waals surface area contributed by atoms with Crippen molar-refractivity contribution in [3.8, 4) is 0 Å². The molecule has 0 saturated heterocycles. The van der Waals surface area contributed by atoms with E-state index in [1.54, 1.807) is 0 Å². The fraction of sp³-hybridized carbons (Fsp3) is 0.636. The molecule has 0 aliphatic heterocycles. The van der Waals surface area contributed by atoms with E-state index in [-0.39, 0.29) is 5.92 Å². The quantitative estimate of drug-likeness (QED) is 0.618. The number of halogens is 3. The van der Waals surface area contributed by atoms with Crippen LogP contribution in [0, 0.1) is 5.92 Å². The highest BCUT2D eigenvalue weighted by atomic mass is 35.6. The first-order valence-electron chi connectivity index (χ1n) is 4.93. The molecule has 0 fully saturated rings. The minimum absolute atomic E-state index is 0.0882. The first-order chi connectivity index (χ1) is 6.50. The number of allylic oxidation sites excluding steroid dienone is 4. The molecule has 1 atom stereocenters. The Bertz CT molecular complexity index is 258. The predicted octanol–water partition coefficient (Wildman–Crippen LogP) is 5.05. The van der Waals surface area contributed by atoms with E-state index in [1.807, 2.05) is 6.92 Å². The van der Waals surface area contributed by atoms with Crippen molar-refractivity contribution in [2.75, 3.05) is 0 Å². The third-order valence-corrected chi connectivity index (χ3v) is 3.37. The maximum absolute atomic E-state index is 5.89. The number of alkyl halides is 3. The smallest absolute Gasteiger partial charge is 0.0842 e. The normalized spacial score (nSPS) is 23.1. The predicted molar refractivity (Wildman–Crippen MR) is 65.1 cm³/mol. The van der Waals surface area contributed by atoms with Crippen molar-refractivity contribution in [2.45, 2.75) is 36.9 Å². The van der Waals surface area contributed by atoms with Crippen LogP contribution in [0.25, 0.3) is 0 Å². The molecule has 14 heavy (non-hydrogen) atoms. The SMILES string of the molecule is C/C=C(\CCC)C1=CC[C@@H]1C(Cl)(Cl)Cl. The van der Waals surface area contributed by atoms with Crippen molar-refractivity contribution >= 4 is 34.8 Å². The van der Waals surface area contributed by atoms with Gasteiger partial charge in [-0.1, -0.05) is 60.3 Å². The molecule has 80 valence electrons. The van der Waals surface area contributed by atoms with Crippen molar-refractivity contribution < 1.29 is 0 Å². The van der Waals surface area contributed by atoms with Gasteiger partial charge in [-0.15, -0.1) is 0 Å². The van der Waals surface area contributed by atoms with Crippen LogP contribution in [0.3, 0.4) is 0 Å². The Labute approximate surface area is 101 Å². The lowest BCUT2D eigenvalue weighted by Gasteiger charge is -2.34. The highest BCUT2D eigenvalue weighted by Crippen LogP contribution is 2.49. The molecule has 0 saturated carbocycles. The van der Waals surface area contributed by atoms with Crippen LogP contribution in [0.15, 0.2) is 23.3 Å². The minimum atomic E-state index is -1.15. The van der Waals surface area contributed by atoms with E-state index in [4.69, 9.17) is 34.8 Å². The summed E-state index contributed by atoms with van der Waals surface area (Å²) < 4.78 is -1.15. The monoisotopic (exact) mass is 252 g/mol. The lowest BCUT2D eigenvalue weighted by molar-refractivity contribution is 0.575. The Morgan fingerprint density at radius 2 is 2.21 bits per heavy atom. The fourth-order valence-corrected chi connectivity index (χ4v) is 2.36. The summed E-state index contributed by atoms with van der Waals surface area (Å²) in [5.41, 5.74) is 2.56. The lowest BCUT2D eigenvalue weighted by atomic mass is 9.79. The van der Waals surface area contributed by atoms with Crippen LogP contribution in [0.5, 0.6) is 0 Å². The molecule has 0 spiro atoms. The molecule has 0 aromatic heterocycles. The molecule has 1 aliphatic carbocycles. The van der Waals surface area contributed by atoms with Crippen molar-refractivity contribution in [3.63, 3.8) is 0 Å². The zero-order chi connectivity index (χ0) is 10.8. The number of hydrogen-bond acceptors (Lipinski definition) is 0. The van der Waals surface area contributed by atoms with Crippen molar-refractivity contribution in [3.05, 3.63) is 23.3 Å². The van der Waals surface area contributed by atoms with Gasteiger partial charge >= 0.3 is 0 Å². The molecule has 0 unspecified atom stereocenters. The summed E-state index contributed by atoms with van der Waals surface area (Å²) in [7, 11) is 0. The van der Waals surface area contributed by atoms with E-state index >= 15 is 0 Å². The van der Waals surface area contributed by atoms with Crippen LogP contribution >= 0.6 is 34.8 Å². The van der Waals surface area contributed by atoms with Gasteiger partial charge in [0.15, 0.2) is 3.79 Å². The molecule has 1 aliphatic rings. The van der Waals surface area contributed by atoms with Gasteiger partial charge in [0, 0.05) is 5.92 Å². The Kier molecular flexibility index (Phi) is 4.36. The molecule has 3 heteroatoms. The van der Waals surface area contributed by atoms with E-state index in [9.17, 15) is 0 Å². The summed E-state index contributed by atoms with van der Waals surface area (Å²) in [6, 6.07) is 0. The maximum Gasteiger partial charge on any atom is 0.197 e. The van der Waals surface area contributed by atoms with Gasteiger partial charge in [0.05, 0.1) is 0 Å². The molecule has 0 heterocycles. The maximum atomic E-state index is 5.89. The standard InChI is InChI=1S/C11H15Cl3/c1-3-5-8(4-2)9-6-7-10(9)11(12,13)14/h4,6,10H,3,5,7H2,1-2H3/b8-4+/t10-/m0/s1. The number of rotatable bonds is 3. The third-order valence-electron chi connectivity index (χ3n) is 2.58. The topological polar surface area (TPSA) is 0 Å². The highest BCUT2D eigenvalue weighted by molar-refractivity contribution is 6.68. The Morgan fingerprint density at radius 3 is 2.50 bits per heavy atom. The Morgan fingerprint density at radius 1 is 1.57 bits per heavy atom. The van der Waals surface area contributed by atoms with Crippen LogP contribution in [0.1, 0.15) is 33.1 Å². The summed E-state index contributed by atoms with van der Waals surface area (Å²) in [6.07, 6.45) is 7.37. The molecule has 0 nitrogen and oxygen atoms in total. The first kappa shape index (κ1) is 12.4. The molecule has 0 bridgehead atoms. The van der Waals surface area contributed by atoms with E-state index < -0.39 is 3.79 Å². The molecule has 0 amide bonds. The van der Waals surface area contributed by atoms with Gasteiger partial charge in [-0.25, -0.2) is 0 Å². The molecule has 0 N–H and O–H groups in total. The summed E-state index contributed by atoms with van der Waals surface area (Å²) in [6.45, 7) is 4.20. The van der Waals surface area contributed by atoms with Crippen molar-refractivity contribution in [1.29, 1.82) is 0 Å². The van der Waals surface area contributed by atoms with E-state index in [0.29, 0.717) is 0 Å². The summed E-state index contributed by atoms with van der Waals surface area (Å²) in [5, 5.41) is 0. The lowest BCUT2D eigenvalue weighted by Crippen LogP contribution is -2.27. The van der Waals surface area contributed by atoms with E-state index in [2.05, 4.69) is 19.1 Å². The Hall–Kier alpha value is 0.350. The molecule has 0 radical (unpaired) electrons. The van der Waals surface area contributed by atoms with Gasteiger partial charge in [0.25, 0.3) is 0 Å². The van der Waals surface area contributed by atoms with Gasteiger partial charge in [0.2, 0.25) is 0 Å². The first-order valence-corrected chi connectivity index (χ1v) is 6.06. The van der Waals surface area contributed by atoms with Gasteiger partial charge in [-0.05, 0) is 30.9 Å². The van der Waals surface area contributed by atoms with Crippen LogP contribution in [0.2, 0.25) is 0 Å². The van der Waals surface area contributed by atoms with Gasteiger partial charge in [0.1, 0.15) is 0 Å². The van der Waals surface area contributed by atoms with Gasteiger partial charge in [-0.2, -0.15) is 0 Å². The van der Waals surface area contributed by atoms with E-state index in [1.165, 1.54) is 11.1 Å². The van der Waals surface area contributed by atoms with Crippen LogP contribution in [-0.4, -0.2) is 3.79 Å². The van der Waals surface area contributed by atoms with Crippen LogP contribution in [-0.2, 0) is 0 Å². The van der Waals surface area contributed by atoms with Gasteiger partial charge < -0.3 is 0 Å². The average Bonchev–Trinajstić information content (AvgIpc) is 1.98. The average molecular weight is 254 g/mol. The summed E-state index contributed by atoms with van der Waals surface area (Å²) in [4.78, 5) is 0. The second-order valence-corrected chi connectivity index (χ2v) is 5.92.